The molecule has 1 saturated heterocycles. The van der Waals surface area contributed by atoms with E-state index in [1.54, 1.807) is 6.92 Å². The molecular weight excluding hydrogens is 272 g/mol. The third kappa shape index (κ3) is 4.68. The van der Waals surface area contributed by atoms with Gasteiger partial charge in [-0.05, 0) is 32.2 Å². The van der Waals surface area contributed by atoms with Crippen molar-refractivity contribution in [3.63, 3.8) is 0 Å². The van der Waals surface area contributed by atoms with Gasteiger partial charge >= 0.3 is 0 Å². The van der Waals surface area contributed by atoms with Crippen LogP contribution in [-0.4, -0.2) is 48.7 Å². The van der Waals surface area contributed by atoms with Crippen LogP contribution in [0.15, 0.2) is 21.3 Å². The number of hydrogen-bond donors (Lipinski definition) is 2. The first-order chi connectivity index (χ1) is 10.1. The van der Waals surface area contributed by atoms with Gasteiger partial charge in [0.1, 0.15) is 5.76 Å². The molecule has 0 spiro atoms. The molecule has 6 nitrogen and oxygen atoms in total. The molecule has 1 amide bonds. The summed E-state index contributed by atoms with van der Waals surface area (Å²) in [6.07, 6.45) is 2.13. The number of nitrogens with one attached hydrogen (secondary N) is 1. The van der Waals surface area contributed by atoms with Gasteiger partial charge in [-0.25, -0.2) is 0 Å². The second kappa shape index (κ2) is 7.38. The number of aliphatic hydroxyl groups is 1. The molecule has 1 unspecified atom stereocenters. The van der Waals surface area contributed by atoms with Crippen molar-refractivity contribution in [1.29, 1.82) is 0 Å². The summed E-state index contributed by atoms with van der Waals surface area (Å²) in [5.74, 6) is 0.503. The van der Waals surface area contributed by atoms with Crippen LogP contribution in [-0.2, 0) is 0 Å². The van der Waals surface area contributed by atoms with Gasteiger partial charge in [0.2, 0.25) is 0 Å². The summed E-state index contributed by atoms with van der Waals surface area (Å²) in [7, 11) is 0. The molecule has 21 heavy (non-hydrogen) atoms. The lowest BCUT2D eigenvalue weighted by atomic mass is 9.98. The number of aryl methyl sites for hydroxylation is 1. The van der Waals surface area contributed by atoms with Gasteiger partial charge in [-0.1, -0.05) is 0 Å². The molecule has 0 saturated carbocycles. The number of β-amino-alcohol motifs (C(OH)–C–C–N with tert-alkyl or cyclic N) is 1. The summed E-state index contributed by atoms with van der Waals surface area (Å²) in [6.45, 7) is 4.91. The van der Waals surface area contributed by atoms with Crippen LogP contribution in [0.5, 0.6) is 0 Å². The Labute approximate surface area is 123 Å². The van der Waals surface area contributed by atoms with Crippen molar-refractivity contribution in [1.82, 2.24) is 10.2 Å². The Morgan fingerprint density at radius 2 is 2.33 bits per heavy atom. The van der Waals surface area contributed by atoms with Crippen molar-refractivity contribution in [2.24, 2.45) is 5.92 Å². The van der Waals surface area contributed by atoms with E-state index in [4.69, 9.17) is 9.52 Å². The van der Waals surface area contributed by atoms with E-state index < -0.39 is 0 Å². The number of nitrogens with zero attached hydrogens (tertiary/aromatic N) is 1. The molecule has 1 fully saturated rings. The van der Waals surface area contributed by atoms with E-state index in [2.05, 4.69) is 10.2 Å². The van der Waals surface area contributed by atoms with Crippen LogP contribution in [0.3, 0.4) is 0 Å². The molecule has 0 aromatic carbocycles. The van der Waals surface area contributed by atoms with Crippen molar-refractivity contribution < 1.29 is 14.3 Å². The smallest absolute Gasteiger partial charge is 0.287 e. The maximum absolute atomic E-state index is 12.0. The third-order valence-corrected chi connectivity index (χ3v) is 3.68. The maximum atomic E-state index is 12.0. The molecule has 2 N–H and O–H groups in total. The largest absolute Gasteiger partial charge is 0.456 e. The fraction of sp³-hybridized carbons (Fsp3) is 0.600. The van der Waals surface area contributed by atoms with E-state index in [0.717, 1.165) is 25.9 Å². The molecule has 1 aromatic rings. The van der Waals surface area contributed by atoms with E-state index >= 15 is 0 Å². The Bertz CT molecular complexity index is 539. The van der Waals surface area contributed by atoms with Gasteiger partial charge in [0.05, 0.1) is 6.61 Å². The van der Waals surface area contributed by atoms with Gasteiger partial charge in [-0.3, -0.25) is 9.59 Å². The first-order valence-electron chi connectivity index (χ1n) is 7.31. The van der Waals surface area contributed by atoms with Crippen LogP contribution in [0.2, 0.25) is 0 Å². The Hall–Kier alpha value is -1.66. The lowest BCUT2D eigenvalue weighted by Gasteiger charge is -2.32. The highest BCUT2D eigenvalue weighted by molar-refractivity contribution is 5.91. The predicted molar refractivity (Wildman–Crippen MR) is 78.3 cm³/mol. The Balaban J connectivity index is 1.87. The summed E-state index contributed by atoms with van der Waals surface area (Å²) >= 11 is 0. The predicted octanol–water partition coefficient (Wildman–Crippen LogP) is 0.382. The van der Waals surface area contributed by atoms with Crippen LogP contribution in [0.4, 0.5) is 0 Å². The fourth-order valence-corrected chi connectivity index (χ4v) is 2.70. The molecule has 2 rings (SSSR count). The number of carbonyl (C=O) groups is 1. The molecule has 6 heteroatoms. The fourth-order valence-electron chi connectivity index (χ4n) is 2.70. The van der Waals surface area contributed by atoms with E-state index in [9.17, 15) is 9.59 Å². The SMILES string of the molecule is Cc1cc(=O)cc(C(=O)NCC2CCCN(CCO)C2)o1. The van der Waals surface area contributed by atoms with E-state index in [1.165, 1.54) is 12.1 Å². The summed E-state index contributed by atoms with van der Waals surface area (Å²) in [4.78, 5) is 25.6. The lowest BCUT2D eigenvalue weighted by molar-refractivity contribution is 0.0894. The topological polar surface area (TPSA) is 82.8 Å². The monoisotopic (exact) mass is 294 g/mol. The van der Waals surface area contributed by atoms with Gasteiger partial charge in [0.15, 0.2) is 11.2 Å². The number of rotatable bonds is 5. The number of hydrogen-bond acceptors (Lipinski definition) is 5. The first kappa shape index (κ1) is 15.7. The first-order valence-corrected chi connectivity index (χ1v) is 7.31. The molecule has 0 radical (unpaired) electrons. The number of carbonyl (C=O) groups excluding carboxylic acids is 1. The van der Waals surface area contributed by atoms with Crippen molar-refractivity contribution in [2.45, 2.75) is 19.8 Å². The molecule has 1 aliphatic heterocycles. The van der Waals surface area contributed by atoms with Crippen LogP contribution >= 0.6 is 0 Å². The molecule has 116 valence electrons. The van der Waals surface area contributed by atoms with Gasteiger partial charge in [-0.15, -0.1) is 0 Å². The zero-order valence-corrected chi connectivity index (χ0v) is 12.3. The summed E-state index contributed by atoms with van der Waals surface area (Å²) in [5.41, 5.74) is -0.226. The van der Waals surface area contributed by atoms with Crippen molar-refractivity contribution in [3.05, 3.63) is 33.9 Å². The van der Waals surface area contributed by atoms with Crippen molar-refractivity contribution in [3.8, 4) is 0 Å². The molecule has 1 aliphatic rings. The molecule has 1 atom stereocenters. The van der Waals surface area contributed by atoms with Gasteiger partial charge in [0, 0.05) is 31.8 Å². The normalized spacial score (nSPS) is 19.4. The number of likely N-dealkylation sites (tertiary alicyclic amines) is 1. The molecule has 0 aliphatic carbocycles. The second-order valence-electron chi connectivity index (χ2n) is 5.51. The van der Waals surface area contributed by atoms with Crippen LogP contribution < -0.4 is 10.7 Å². The Morgan fingerprint density at radius 1 is 1.52 bits per heavy atom. The summed E-state index contributed by atoms with van der Waals surface area (Å²) in [6, 6.07) is 2.56. The third-order valence-electron chi connectivity index (χ3n) is 3.68. The minimum absolute atomic E-state index is 0.0584. The lowest BCUT2D eigenvalue weighted by Crippen LogP contribution is -2.42. The molecule has 0 bridgehead atoms. The van der Waals surface area contributed by atoms with E-state index in [-0.39, 0.29) is 23.7 Å². The quantitative estimate of drug-likeness (QED) is 0.820. The average Bonchev–Trinajstić information content (AvgIpc) is 2.44. The Kier molecular flexibility index (Phi) is 5.52. The highest BCUT2D eigenvalue weighted by atomic mass is 16.3. The summed E-state index contributed by atoms with van der Waals surface area (Å²) < 4.78 is 5.26. The zero-order chi connectivity index (χ0) is 15.2. The second-order valence-corrected chi connectivity index (χ2v) is 5.51. The average molecular weight is 294 g/mol. The van der Waals surface area contributed by atoms with Crippen LogP contribution in [0.25, 0.3) is 0 Å². The van der Waals surface area contributed by atoms with Gasteiger partial charge in [-0.2, -0.15) is 0 Å². The molecule has 2 heterocycles. The molecule has 1 aromatic heterocycles. The highest BCUT2D eigenvalue weighted by Gasteiger charge is 2.20. The van der Waals surface area contributed by atoms with E-state index in [1.807, 2.05) is 0 Å². The Morgan fingerprint density at radius 3 is 3.05 bits per heavy atom. The summed E-state index contributed by atoms with van der Waals surface area (Å²) in [5, 5.41) is 11.8. The van der Waals surface area contributed by atoms with Crippen LogP contribution in [0, 0.1) is 12.8 Å². The minimum atomic E-state index is -0.352. The standard InChI is InChI=1S/C15H22N2O4/c1-11-7-13(19)8-14(21-11)15(20)16-9-12-3-2-4-17(10-12)5-6-18/h7-8,12,18H,2-6,9-10H2,1H3,(H,16,20). The van der Waals surface area contributed by atoms with Crippen molar-refractivity contribution >= 4 is 5.91 Å². The number of aliphatic hydroxyl groups excluding tert-OH is 1. The maximum Gasteiger partial charge on any atom is 0.287 e. The molecular formula is C15H22N2O4. The van der Waals surface area contributed by atoms with Gasteiger partial charge in [0.25, 0.3) is 5.91 Å². The van der Waals surface area contributed by atoms with Gasteiger partial charge < -0.3 is 19.7 Å². The number of amides is 1. The zero-order valence-electron chi connectivity index (χ0n) is 12.3. The number of piperidine rings is 1. The van der Waals surface area contributed by atoms with Crippen LogP contribution in [0.1, 0.15) is 29.2 Å². The highest BCUT2D eigenvalue weighted by Crippen LogP contribution is 2.15. The minimum Gasteiger partial charge on any atom is -0.456 e. The van der Waals surface area contributed by atoms with Crippen molar-refractivity contribution in [2.75, 3.05) is 32.8 Å². The van der Waals surface area contributed by atoms with E-state index in [0.29, 0.717) is 24.8 Å².